The lowest BCUT2D eigenvalue weighted by molar-refractivity contribution is 0.103. The fraction of sp³-hybridized carbons (Fsp3) is 0. The number of thiophene rings is 1. The monoisotopic (exact) mass is 334 g/mol. The van der Waals surface area contributed by atoms with Crippen molar-refractivity contribution in [2.24, 2.45) is 0 Å². The van der Waals surface area contributed by atoms with Gasteiger partial charge in [-0.05, 0) is 34.1 Å². The smallest absolute Gasteiger partial charge is 0.197 e. The Bertz CT molecular complexity index is 779. The zero-order valence-electron chi connectivity index (χ0n) is 9.69. The first kappa shape index (κ1) is 12.5. The number of rotatable bonds is 2. The van der Waals surface area contributed by atoms with Gasteiger partial charge in [-0.2, -0.15) is 0 Å². The van der Waals surface area contributed by atoms with Gasteiger partial charge in [-0.25, -0.2) is 4.39 Å². The summed E-state index contributed by atoms with van der Waals surface area (Å²) >= 11 is 4.93. The summed E-state index contributed by atoms with van der Waals surface area (Å²) in [7, 11) is 0. The lowest BCUT2D eigenvalue weighted by atomic mass is 10.0. The van der Waals surface area contributed by atoms with E-state index < -0.39 is 5.82 Å². The van der Waals surface area contributed by atoms with Crippen molar-refractivity contribution in [1.29, 1.82) is 0 Å². The first-order valence-electron chi connectivity index (χ1n) is 5.63. The molecule has 2 aromatic carbocycles. The second-order valence-electron chi connectivity index (χ2n) is 4.07. The molecule has 0 amide bonds. The molecule has 0 radical (unpaired) electrons. The molecule has 0 N–H and O–H groups in total. The molecule has 0 fully saturated rings. The number of fused-ring (bicyclic) bond motifs is 1. The van der Waals surface area contributed by atoms with Crippen LogP contribution in [0.25, 0.3) is 10.1 Å². The molecule has 3 rings (SSSR count). The highest BCUT2D eigenvalue weighted by molar-refractivity contribution is 9.10. The normalized spacial score (nSPS) is 10.8. The Morgan fingerprint density at radius 1 is 1.05 bits per heavy atom. The summed E-state index contributed by atoms with van der Waals surface area (Å²) < 4.78 is 15.6. The van der Waals surface area contributed by atoms with E-state index in [0.717, 1.165) is 14.6 Å². The minimum atomic E-state index is -0.484. The number of halogens is 2. The Labute approximate surface area is 121 Å². The van der Waals surface area contributed by atoms with E-state index in [2.05, 4.69) is 15.9 Å². The third-order valence-electron chi connectivity index (χ3n) is 2.91. The maximum Gasteiger partial charge on any atom is 0.197 e. The molecule has 1 nitrogen and oxygen atoms in total. The van der Waals surface area contributed by atoms with Crippen LogP contribution in [0.1, 0.15) is 15.9 Å². The summed E-state index contributed by atoms with van der Waals surface area (Å²) in [6, 6.07) is 11.7. The van der Waals surface area contributed by atoms with Crippen molar-refractivity contribution in [3.63, 3.8) is 0 Å². The average Bonchev–Trinajstić information content (AvgIpc) is 2.84. The van der Waals surface area contributed by atoms with Gasteiger partial charge < -0.3 is 0 Å². The van der Waals surface area contributed by atoms with Gasteiger partial charge in [0.1, 0.15) is 5.82 Å². The van der Waals surface area contributed by atoms with Crippen molar-refractivity contribution in [1.82, 2.24) is 0 Å². The summed E-state index contributed by atoms with van der Waals surface area (Å²) in [5, 5.41) is 2.64. The predicted octanol–water partition coefficient (Wildman–Crippen LogP) is 5.03. The Balaban J connectivity index is 2.18. The molecule has 1 heterocycles. The zero-order valence-corrected chi connectivity index (χ0v) is 12.1. The Kier molecular flexibility index (Phi) is 3.21. The van der Waals surface area contributed by atoms with Crippen LogP contribution in [0.5, 0.6) is 0 Å². The third kappa shape index (κ3) is 2.11. The van der Waals surface area contributed by atoms with Crippen LogP contribution in [0.2, 0.25) is 0 Å². The fourth-order valence-electron chi connectivity index (χ4n) is 1.99. The standard InChI is InChI=1S/C15H8BrFOS/c16-12-6-3-5-9-11(8-19-15(9)12)14(18)10-4-1-2-7-13(10)17/h1-8H. The molecule has 0 spiro atoms. The summed E-state index contributed by atoms with van der Waals surface area (Å²) in [4.78, 5) is 12.4. The van der Waals surface area contributed by atoms with E-state index >= 15 is 0 Å². The van der Waals surface area contributed by atoms with Crippen molar-refractivity contribution in [3.05, 3.63) is 69.3 Å². The van der Waals surface area contributed by atoms with Crippen LogP contribution in [0.15, 0.2) is 52.3 Å². The quantitative estimate of drug-likeness (QED) is 0.600. The highest BCUT2D eigenvalue weighted by Crippen LogP contribution is 2.33. The molecule has 94 valence electrons. The molecule has 0 aliphatic rings. The molecule has 4 heteroatoms. The summed E-state index contributed by atoms with van der Waals surface area (Å²) in [5.74, 6) is -0.760. The first-order chi connectivity index (χ1) is 9.18. The van der Waals surface area contributed by atoms with E-state index in [9.17, 15) is 9.18 Å². The lowest BCUT2D eigenvalue weighted by Gasteiger charge is -2.01. The van der Waals surface area contributed by atoms with E-state index in [4.69, 9.17) is 0 Å². The van der Waals surface area contributed by atoms with E-state index in [0.29, 0.717) is 5.56 Å². The second-order valence-corrected chi connectivity index (χ2v) is 5.81. The molecule has 0 saturated carbocycles. The van der Waals surface area contributed by atoms with Gasteiger partial charge in [-0.1, -0.05) is 24.3 Å². The SMILES string of the molecule is O=C(c1ccccc1F)c1csc2c(Br)cccc12. The Morgan fingerprint density at radius 3 is 2.63 bits per heavy atom. The van der Waals surface area contributed by atoms with E-state index in [1.807, 2.05) is 18.2 Å². The first-order valence-corrected chi connectivity index (χ1v) is 7.30. The van der Waals surface area contributed by atoms with Crippen molar-refractivity contribution >= 4 is 43.1 Å². The number of hydrogen-bond donors (Lipinski definition) is 0. The summed E-state index contributed by atoms with van der Waals surface area (Å²) in [5.41, 5.74) is 0.661. The molecular weight excluding hydrogens is 327 g/mol. The van der Waals surface area contributed by atoms with Crippen LogP contribution in [0.4, 0.5) is 4.39 Å². The van der Waals surface area contributed by atoms with E-state index in [-0.39, 0.29) is 11.3 Å². The molecule has 1 aromatic heterocycles. The van der Waals surface area contributed by atoms with Gasteiger partial charge >= 0.3 is 0 Å². The fourth-order valence-corrected chi connectivity index (χ4v) is 3.59. The molecule has 3 aromatic rings. The Morgan fingerprint density at radius 2 is 1.84 bits per heavy atom. The van der Waals surface area contributed by atoms with Crippen LogP contribution in [0.3, 0.4) is 0 Å². The molecule has 0 saturated heterocycles. The predicted molar refractivity (Wildman–Crippen MR) is 79.4 cm³/mol. The van der Waals surface area contributed by atoms with Crippen molar-refractivity contribution in [2.45, 2.75) is 0 Å². The van der Waals surface area contributed by atoms with Gasteiger partial charge in [-0.15, -0.1) is 11.3 Å². The van der Waals surface area contributed by atoms with Gasteiger partial charge in [-0.3, -0.25) is 4.79 Å². The van der Waals surface area contributed by atoms with Gasteiger partial charge in [0.15, 0.2) is 5.78 Å². The maximum atomic E-state index is 13.7. The van der Waals surface area contributed by atoms with Crippen molar-refractivity contribution in [2.75, 3.05) is 0 Å². The van der Waals surface area contributed by atoms with E-state index in [1.54, 1.807) is 17.5 Å². The number of benzene rings is 2. The topological polar surface area (TPSA) is 17.1 Å². The summed E-state index contributed by atoms with van der Waals surface area (Å²) in [6.07, 6.45) is 0. The van der Waals surface area contributed by atoms with Gasteiger partial charge in [0, 0.05) is 25.5 Å². The van der Waals surface area contributed by atoms with Crippen molar-refractivity contribution < 1.29 is 9.18 Å². The Hall–Kier alpha value is -1.52. The maximum absolute atomic E-state index is 13.7. The molecule has 0 atom stereocenters. The average molecular weight is 335 g/mol. The highest BCUT2D eigenvalue weighted by atomic mass is 79.9. The molecule has 0 aliphatic heterocycles. The number of carbonyl (C=O) groups excluding carboxylic acids is 1. The van der Waals surface area contributed by atoms with Crippen LogP contribution in [-0.2, 0) is 0 Å². The van der Waals surface area contributed by atoms with Crippen LogP contribution < -0.4 is 0 Å². The number of carbonyl (C=O) groups is 1. The molecule has 19 heavy (non-hydrogen) atoms. The third-order valence-corrected chi connectivity index (χ3v) is 4.87. The highest BCUT2D eigenvalue weighted by Gasteiger charge is 2.17. The largest absolute Gasteiger partial charge is 0.288 e. The minimum absolute atomic E-state index is 0.113. The van der Waals surface area contributed by atoms with Crippen LogP contribution >= 0.6 is 27.3 Å². The number of hydrogen-bond acceptors (Lipinski definition) is 2. The second kappa shape index (κ2) is 4.87. The number of ketones is 1. The molecular formula is C15H8BrFOS. The van der Waals surface area contributed by atoms with Crippen molar-refractivity contribution in [3.8, 4) is 0 Å². The van der Waals surface area contributed by atoms with Gasteiger partial charge in [0.05, 0.1) is 5.56 Å². The summed E-state index contributed by atoms with van der Waals surface area (Å²) in [6.45, 7) is 0. The van der Waals surface area contributed by atoms with Crippen LogP contribution in [-0.4, -0.2) is 5.78 Å². The molecule has 0 unspecified atom stereocenters. The minimum Gasteiger partial charge on any atom is -0.288 e. The van der Waals surface area contributed by atoms with Gasteiger partial charge in [0.2, 0.25) is 0 Å². The van der Waals surface area contributed by atoms with Crippen LogP contribution in [0, 0.1) is 5.82 Å². The molecule has 0 bridgehead atoms. The van der Waals surface area contributed by atoms with Gasteiger partial charge in [0.25, 0.3) is 0 Å². The lowest BCUT2D eigenvalue weighted by Crippen LogP contribution is -2.03. The van der Waals surface area contributed by atoms with E-state index in [1.165, 1.54) is 23.5 Å². The zero-order chi connectivity index (χ0) is 13.4. The molecule has 0 aliphatic carbocycles.